The lowest BCUT2D eigenvalue weighted by Gasteiger charge is -2.42. The summed E-state index contributed by atoms with van der Waals surface area (Å²) >= 11 is 0. The van der Waals surface area contributed by atoms with Crippen LogP contribution in [0.1, 0.15) is 79.3 Å². The third-order valence-corrected chi connectivity index (χ3v) is 8.12. The summed E-state index contributed by atoms with van der Waals surface area (Å²) in [6.07, 6.45) is -7.30. The standard InChI is InChI=1S/C29H31F8NO2/c1-2-3-23(26(39)40)18-12-13-38(25(15-18)17-4-6-21(7-5-17)28(32,33)34)16-19-14-22(27(30,31)20-8-9-20)10-11-24(19)29(35,36)37/h4-7,10-11,14,18,20,23,25H,2-3,8-9,12-13,15-16H2,1H3,(H,39,40)/t18-,23?,25+/m0/s1. The Balaban J connectivity index is 1.71. The van der Waals surface area contributed by atoms with Crippen molar-refractivity contribution in [2.75, 3.05) is 6.54 Å². The summed E-state index contributed by atoms with van der Waals surface area (Å²) in [5.74, 6) is -6.25. The number of nitrogens with zero attached hydrogens (tertiary/aromatic N) is 1. The van der Waals surface area contributed by atoms with Gasteiger partial charge in [-0.25, -0.2) is 8.78 Å². The number of piperidine rings is 1. The minimum Gasteiger partial charge on any atom is -0.481 e. The molecule has 2 aliphatic rings. The molecular formula is C29H31F8NO2. The lowest BCUT2D eigenvalue weighted by molar-refractivity contribution is -0.145. The van der Waals surface area contributed by atoms with Gasteiger partial charge in [0.1, 0.15) is 0 Å². The van der Waals surface area contributed by atoms with E-state index in [4.69, 9.17) is 0 Å². The van der Waals surface area contributed by atoms with Crippen molar-refractivity contribution in [2.24, 2.45) is 17.8 Å². The molecular weight excluding hydrogens is 546 g/mol. The van der Waals surface area contributed by atoms with E-state index in [2.05, 4.69) is 0 Å². The van der Waals surface area contributed by atoms with Gasteiger partial charge in [0, 0.05) is 24.1 Å². The first-order valence-corrected chi connectivity index (χ1v) is 13.3. The van der Waals surface area contributed by atoms with Gasteiger partial charge in [0.05, 0.1) is 17.0 Å². The maximum Gasteiger partial charge on any atom is 0.416 e. The molecule has 40 heavy (non-hydrogen) atoms. The molecule has 1 aliphatic carbocycles. The average molecular weight is 578 g/mol. The van der Waals surface area contributed by atoms with E-state index >= 15 is 0 Å². The Hall–Kier alpha value is -2.69. The summed E-state index contributed by atoms with van der Waals surface area (Å²) in [6.45, 7) is 1.62. The highest BCUT2D eigenvalue weighted by molar-refractivity contribution is 5.70. The molecule has 1 N–H and O–H groups in total. The largest absolute Gasteiger partial charge is 0.481 e. The fourth-order valence-corrected chi connectivity index (χ4v) is 5.82. The maximum atomic E-state index is 14.8. The molecule has 0 spiro atoms. The van der Waals surface area contributed by atoms with Crippen molar-refractivity contribution in [3.05, 3.63) is 70.3 Å². The number of rotatable bonds is 9. The predicted molar refractivity (Wildman–Crippen MR) is 131 cm³/mol. The fourth-order valence-electron chi connectivity index (χ4n) is 5.82. The van der Waals surface area contributed by atoms with Crippen molar-refractivity contribution >= 4 is 5.97 Å². The van der Waals surface area contributed by atoms with Gasteiger partial charge < -0.3 is 5.11 Å². The number of aliphatic carboxylic acids is 1. The molecule has 2 aromatic rings. The molecule has 1 saturated carbocycles. The molecule has 1 unspecified atom stereocenters. The van der Waals surface area contributed by atoms with Gasteiger partial charge in [-0.1, -0.05) is 31.5 Å². The Morgan fingerprint density at radius 3 is 2.08 bits per heavy atom. The van der Waals surface area contributed by atoms with Crippen molar-refractivity contribution in [3.63, 3.8) is 0 Å². The molecule has 1 aliphatic heterocycles. The molecule has 2 aromatic carbocycles. The van der Waals surface area contributed by atoms with Gasteiger partial charge in [-0.2, -0.15) is 26.3 Å². The third-order valence-electron chi connectivity index (χ3n) is 8.12. The quantitative estimate of drug-likeness (QED) is 0.303. The third kappa shape index (κ3) is 6.61. The van der Waals surface area contributed by atoms with Crippen molar-refractivity contribution in [3.8, 4) is 0 Å². The van der Waals surface area contributed by atoms with Gasteiger partial charge in [0.15, 0.2) is 0 Å². The molecule has 11 heteroatoms. The second kappa shape index (κ2) is 11.3. The smallest absolute Gasteiger partial charge is 0.416 e. The number of carboxylic acid groups (broad SMARTS) is 1. The highest BCUT2D eigenvalue weighted by Gasteiger charge is 2.49. The number of hydrogen-bond acceptors (Lipinski definition) is 2. The van der Waals surface area contributed by atoms with Crippen LogP contribution in [0, 0.1) is 17.8 Å². The van der Waals surface area contributed by atoms with Gasteiger partial charge in [-0.3, -0.25) is 9.69 Å². The first kappa shape index (κ1) is 30.3. The van der Waals surface area contributed by atoms with E-state index in [1.54, 1.807) is 4.90 Å². The number of likely N-dealkylation sites (tertiary alicyclic amines) is 1. The summed E-state index contributed by atoms with van der Waals surface area (Å²) in [6, 6.07) is 5.95. The number of hydrogen-bond donors (Lipinski definition) is 1. The molecule has 0 amide bonds. The van der Waals surface area contributed by atoms with E-state index in [1.807, 2.05) is 6.92 Å². The topological polar surface area (TPSA) is 40.5 Å². The van der Waals surface area contributed by atoms with Crippen molar-refractivity contribution in [1.29, 1.82) is 0 Å². The maximum absolute atomic E-state index is 14.8. The van der Waals surface area contributed by atoms with Crippen LogP contribution in [0.3, 0.4) is 0 Å². The van der Waals surface area contributed by atoms with Gasteiger partial charge >= 0.3 is 18.3 Å². The highest BCUT2D eigenvalue weighted by Crippen LogP contribution is 2.50. The van der Waals surface area contributed by atoms with E-state index in [0.717, 1.165) is 24.3 Å². The normalized spacial score (nSPS) is 21.8. The lowest BCUT2D eigenvalue weighted by Crippen LogP contribution is -2.40. The predicted octanol–water partition coefficient (Wildman–Crippen LogP) is 8.68. The zero-order valence-corrected chi connectivity index (χ0v) is 21.8. The Bertz CT molecular complexity index is 1190. The van der Waals surface area contributed by atoms with Crippen LogP contribution in [-0.2, 0) is 29.6 Å². The summed E-state index contributed by atoms with van der Waals surface area (Å²) in [5, 5.41) is 9.79. The molecule has 1 saturated heterocycles. The minimum atomic E-state index is -4.81. The van der Waals surface area contributed by atoms with Crippen LogP contribution in [-0.4, -0.2) is 22.5 Å². The number of alkyl halides is 8. The number of halogens is 8. The van der Waals surface area contributed by atoms with E-state index in [0.29, 0.717) is 30.9 Å². The van der Waals surface area contributed by atoms with Crippen LogP contribution in [0.15, 0.2) is 42.5 Å². The number of benzene rings is 2. The zero-order valence-electron chi connectivity index (χ0n) is 21.8. The molecule has 3 atom stereocenters. The van der Waals surface area contributed by atoms with Gasteiger partial charge in [0.25, 0.3) is 5.92 Å². The summed E-state index contributed by atoms with van der Waals surface area (Å²) < 4.78 is 111. The lowest BCUT2D eigenvalue weighted by atomic mass is 9.77. The van der Waals surface area contributed by atoms with Crippen molar-refractivity contribution in [1.82, 2.24) is 4.90 Å². The number of carbonyl (C=O) groups is 1. The van der Waals surface area contributed by atoms with E-state index < -0.39 is 58.8 Å². The molecule has 220 valence electrons. The summed E-state index contributed by atoms with van der Waals surface area (Å²) in [5.41, 5.74) is -2.38. The van der Waals surface area contributed by atoms with Gasteiger partial charge in [-0.15, -0.1) is 0 Å². The Morgan fingerprint density at radius 2 is 1.55 bits per heavy atom. The van der Waals surface area contributed by atoms with Crippen LogP contribution in [0.25, 0.3) is 0 Å². The minimum absolute atomic E-state index is 0.157. The fraction of sp³-hybridized carbons (Fsp3) is 0.552. The first-order valence-electron chi connectivity index (χ1n) is 13.3. The molecule has 0 aromatic heterocycles. The van der Waals surface area contributed by atoms with Crippen molar-refractivity contribution in [2.45, 2.75) is 76.3 Å². The van der Waals surface area contributed by atoms with Crippen LogP contribution < -0.4 is 0 Å². The van der Waals surface area contributed by atoms with Crippen LogP contribution in [0.5, 0.6) is 0 Å². The van der Waals surface area contributed by atoms with Gasteiger partial charge in [0.2, 0.25) is 0 Å². The Morgan fingerprint density at radius 1 is 0.925 bits per heavy atom. The average Bonchev–Trinajstić information content (AvgIpc) is 3.73. The monoisotopic (exact) mass is 577 g/mol. The van der Waals surface area contributed by atoms with Crippen LogP contribution >= 0.6 is 0 Å². The summed E-state index contributed by atoms with van der Waals surface area (Å²) in [4.78, 5) is 13.6. The number of carboxylic acids is 1. The summed E-state index contributed by atoms with van der Waals surface area (Å²) in [7, 11) is 0. The molecule has 3 nitrogen and oxygen atoms in total. The second-order valence-corrected chi connectivity index (χ2v) is 10.9. The van der Waals surface area contributed by atoms with E-state index in [1.165, 1.54) is 12.1 Å². The molecule has 4 rings (SSSR count). The van der Waals surface area contributed by atoms with Crippen LogP contribution in [0.4, 0.5) is 35.1 Å². The van der Waals surface area contributed by atoms with E-state index in [-0.39, 0.29) is 43.8 Å². The molecule has 0 radical (unpaired) electrons. The molecule has 0 bridgehead atoms. The van der Waals surface area contributed by atoms with Crippen LogP contribution in [0.2, 0.25) is 0 Å². The van der Waals surface area contributed by atoms with Crippen molar-refractivity contribution < 1.29 is 45.0 Å². The molecule has 1 heterocycles. The Kier molecular flexibility index (Phi) is 8.55. The molecule has 2 fully saturated rings. The first-order chi connectivity index (χ1) is 18.6. The van der Waals surface area contributed by atoms with E-state index in [9.17, 15) is 45.0 Å². The highest BCUT2D eigenvalue weighted by atomic mass is 19.4. The Labute approximate surface area is 227 Å². The zero-order chi connectivity index (χ0) is 29.5. The van der Waals surface area contributed by atoms with Gasteiger partial charge in [-0.05, 0) is 80.0 Å². The SMILES string of the molecule is CCCC(C(=O)O)[C@H]1CCN(Cc2cc(C(F)(F)C3CC3)ccc2C(F)(F)F)[C@@H](c2ccc(C(F)(F)F)cc2)C1. The second-order valence-electron chi connectivity index (χ2n) is 10.9.